The minimum absolute atomic E-state index is 0.0254. The molecule has 0 bridgehead atoms. The second-order valence-corrected chi connectivity index (χ2v) is 9.24. The predicted molar refractivity (Wildman–Crippen MR) is 128 cm³/mol. The van der Waals surface area contributed by atoms with E-state index in [0.29, 0.717) is 12.8 Å². The summed E-state index contributed by atoms with van der Waals surface area (Å²) in [6.45, 7) is 3.72. The van der Waals surface area contributed by atoms with E-state index in [1.165, 1.54) is 0 Å². The number of nitrogens with one attached hydrogen (secondary N) is 2. The van der Waals surface area contributed by atoms with E-state index in [2.05, 4.69) is 34.9 Å². The summed E-state index contributed by atoms with van der Waals surface area (Å²) in [5.74, 6) is -2.03. The number of carbonyl (C=O) groups is 3. The molecule has 7 nitrogen and oxygen atoms in total. The summed E-state index contributed by atoms with van der Waals surface area (Å²) in [6, 6.07) is 15.0. The highest BCUT2D eigenvalue weighted by atomic mass is 16.5. The molecule has 2 aliphatic rings. The number of carboxylic acids is 1. The van der Waals surface area contributed by atoms with E-state index in [1.54, 1.807) is 13.8 Å². The summed E-state index contributed by atoms with van der Waals surface area (Å²) >= 11 is 0. The van der Waals surface area contributed by atoms with Crippen LogP contribution in [0.5, 0.6) is 0 Å². The fraction of sp³-hybridized carbons (Fsp3) is 0.370. The lowest BCUT2D eigenvalue weighted by Gasteiger charge is -2.27. The molecule has 0 radical (unpaired) electrons. The van der Waals surface area contributed by atoms with Crippen LogP contribution in [0.2, 0.25) is 0 Å². The third-order valence-electron chi connectivity index (χ3n) is 6.58. The van der Waals surface area contributed by atoms with Gasteiger partial charge in [-0.3, -0.25) is 4.79 Å². The molecule has 0 fully saturated rings. The van der Waals surface area contributed by atoms with Crippen LogP contribution in [-0.4, -0.2) is 41.8 Å². The third-order valence-corrected chi connectivity index (χ3v) is 6.58. The van der Waals surface area contributed by atoms with Crippen LogP contribution in [0.25, 0.3) is 11.1 Å². The number of allylic oxidation sites excluding steroid dienone is 1. The molecule has 2 aromatic carbocycles. The van der Waals surface area contributed by atoms with Crippen LogP contribution in [0.1, 0.15) is 43.7 Å². The molecule has 178 valence electrons. The van der Waals surface area contributed by atoms with Crippen LogP contribution in [0, 0.1) is 11.8 Å². The summed E-state index contributed by atoms with van der Waals surface area (Å²) in [6.07, 6.45) is 4.04. The maximum atomic E-state index is 12.6. The Morgan fingerprint density at radius 1 is 1.03 bits per heavy atom. The smallest absolute Gasteiger partial charge is 0.407 e. The second kappa shape index (κ2) is 10.1. The molecular weight excluding hydrogens is 432 g/mol. The normalized spacial score (nSPS) is 19.7. The highest BCUT2D eigenvalue weighted by Crippen LogP contribution is 2.44. The molecule has 3 atom stereocenters. The van der Waals surface area contributed by atoms with Crippen molar-refractivity contribution in [2.45, 2.75) is 44.7 Å². The molecule has 0 saturated carbocycles. The van der Waals surface area contributed by atoms with Gasteiger partial charge < -0.3 is 20.5 Å². The second-order valence-electron chi connectivity index (χ2n) is 9.24. The molecule has 0 heterocycles. The maximum absolute atomic E-state index is 12.6. The lowest BCUT2D eigenvalue weighted by atomic mass is 9.89. The van der Waals surface area contributed by atoms with Crippen molar-refractivity contribution in [3.05, 3.63) is 71.8 Å². The first-order valence-corrected chi connectivity index (χ1v) is 11.7. The van der Waals surface area contributed by atoms with E-state index < -0.39 is 24.0 Å². The average molecular weight is 463 g/mol. The molecule has 34 heavy (non-hydrogen) atoms. The van der Waals surface area contributed by atoms with Gasteiger partial charge in [0.15, 0.2) is 0 Å². The van der Waals surface area contributed by atoms with Crippen LogP contribution in [-0.2, 0) is 14.3 Å². The number of hydrogen-bond acceptors (Lipinski definition) is 4. The quantitative estimate of drug-likeness (QED) is 0.538. The standard InChI is InChI=1S/C27H30N2O5/c1-16(2)24(26(31)32)29-25(30)17-8-7-9-18(14-17)28-27(33)34-15-23-21-12-5-3-10-19(21)20-11-4-6-13-22(20)23/h3-7,9-13,16-18,23-24H,8,14-15H2,1-2H3,(H,28,33)(H,29,30)(H,31,32). The number of amides is 2. The van der Waals surface area contributed by atoms with Crippen molar-refractivity contribution in [3.63, 3.8) is 0 Å². The molecule has 2 aromatic rings. The Bertz CT molecular complexity index is 1060. The van der Waals surface area contributed by atoms with E-state index in [9.17, 15) is 19.5 Å². The Kier molecular flexibility index (Phi) is 7.01. The number of benzene rings is 2. The largest absolute Gasteiger partial charge is 0.480 e. The van der Waals surface area contributed by atoms with Gasteiger partial charge in [-0.2, -0.15) is 0 Å². The van der Waals surface area contributed by atoms with Gasteiger partial charge in [-0.1, -0.05) is 74.5 Å². The van der Waals surface area contributed by atoms with E-state index in [-0.39, 0.29) is 30.4 Å². The first kappa shape index (κ1) is 23.5. The first-order chi connectivity index (χ1) is 16.3. The lowest BCUT2D eigenvalue weighted by molar-refractivity contribution is -0.143. The molecule has 0 spiro atoms. The van der Waals surface area contributed by atoms with Gasteiger partial charge in [-0.05, 0) is 41.0 Å². The van der Waals surface area contributed by atoms with Gasteiger partial charge in [0.05, 0.1) is 6.04 Å². The van der Waals surface area contributed by atoms with Crippen molar-refractivity contribution in [1.29, 1.82) is 0 Å². The molecule has 2 aliphatic carbocycles. The summed E-state index contributed by atoms with van der Waals surface area (Å²) in [7, 11) is 0. The summed E-state index contributed by atoms with van der Waals surface area (Å²) in [5.41, 5.74) is 4.61. The number of aliphatic carboxylic acids is 1. The van der Waals surface area contributed by atoms with Crippen LogP contribution in [0.15, 0.2) is 60.7 Å². The van der Waals surface area contributed by atoms with Gasteiger partial charge in [-0.25, -0.2) is 9.59 Å². The Balaban J connectivity index is 1.33. The van der Waals surface area contributed by atoms with E-state index >= 15 is 0 Å². The molecule has 3 N–H and O–H groups in total. The number of carbonyl (C=O) groups excluding carboxylic acids is 2. The van der Waals surface area contributed by atoms with Gasteiger partial charge in [0.2, 0.25) is 5.91 Å². The SMILES string of the molecule is CC(C)C(NC(=O)C1CC=CC(NC(=O)OCC2c3ccccc3-c3ccccc32)C1)C(=O)O. The van der Waals surface area contributed by atoms with Crippen molar-refractivity contribution in [2.75, 3.05) is 6.61 Å². The minimum atomic E-state index is -1.05. The van der Waals surface area contributed by atoms with Gasteiger partial charge in [-0.15, -0.1) is 0 Å². The van der Waals surface area contributed by atoms with Gasteiger partial charge in [0.1, 0.15) is 12.6 Å². The monoisotopic (exact) mass is 462 g/mol. The zero-order valence-corrected chi connectivity index (χ0v) is 19.4. The summed E-state index contributed by atoms with van der Waals surface area (Å²) in [4.78, 5) is 36.6. The Morgan fingerprint density at radius 2 is 1.65 bits per heavy atom. The zero-order chi connectivity index (χ0) is 24.2. The van der Waals surface area contributed by atoms with Crippen LogP contribution < -0.4 is 10.6 Å². The molecule has 4 rings (SSSR count). The molecule has 0 aromatic heterocycles. The van der Waals surface area contributed by atoms with Crippen molar-refractivity contribution in [3.8, 4) is 11.1 Å². The van der Waals surface area contributed by atoms with E-state index in [4.69, 9.17) is 4.74 Å². The molecule has 3 unspecified atom stereocenters. The first-order valence-electron chi connectivity index (χ1n) is 11.7. The van der Waals surface area contributed by atoms with E-state index in [1.807, 2.05) is 36.4 Å². The number of hydrogen-bond donors (Lipinski definition) is 3. The number of fused-ring (bicyclic) bond motifs is 3. The highest BCUT2D eigenvalue weighted by Gasteiger charge is 2.31. The summed E-state index contributed by atoms with van der Waals surface area (Å²) in [5, 5.41) is 14.8. The number of rotatable bonds is 7. The number of carboxylic acid groups (broad SMARTS) is 1. The maximum Gasteiger partial charge on any atom is 0.407 e. The molecule has 0 aliphatic heterocycles. The predicted octanol–water partition coefficient (Wildman–Crippen LogP) is 4.09. The third kappa shape index (κ3) is 4.98. The number of ether oxygens (including phenoxy) is 1. The van der Waals surface area contributed by atoms with Crippen molar-refractivity contribution < 1.29 is 24.2 Å². The van der Waals surface area contributed by atoms with Crippen LogP contribution in [0.3, 0.4) is 0 Å². The van der Waals surface area contributed by atoms with Crippen LogP contribution >= 0.6 is 0 Å². The van der Waals surface area contributed by atoms with E-state index in [0.717, 1.165) is 22.3 Å². The fourth-order valence-electron chi connectivity index (χ4n) is 4.79. The van der Waals surface area contributed by atoms with Gasteiger partial charge in [0.25, 0.3) is 0 Å². The lowest BCUT2D eigenvalue weighted by Crippen LogP contribution is -2.48. The molecule has 7 heteroatoms. The van der Waals surface area contributed by atoms with Crippen molar-refractivity contribution in [1.82, 2.24) is 10.6 Å². The highest BCUT2D eigenvalue weighted by molar-refractivity contribution is 5.85. The molecular formula is C27H30N2O5. The average Bonchev–Trinajstić information content (AvgIpc) is 3.14. The van der Waals surface area contributed by atoms with Crippen molar-refractivity contribution >= 4 is 18.0 Å². The number of alkyl carbamates (subject to hydrolysis) is 1. The van der Waals surface area contributed by atoms with Crippen LogP contribution in [0.4, 0.5) is 4.79 Å². The molecule has 0 saturated heterocycles. The zero-order valence-electron chi connectivity index (χ0n) is 19.4. The summed E-state index contributed by atoms with van der Waals surface area (Å²) < 4.78 is 5.60. The Hall–Kier alpha value is -3.61. The molecule has 2 amide bonds. The van der Waals surface area contributed by atoms with Gasteiger partial charge in [0, 0.05) is 11.8 Å². The Morgan fingerprint density at radius 3 is 2.24 bits per heavy atom. The Labute approximate surface area is 199 Å². The topological polar surface area (TPSA) is 105 Å². The minimum Gasteiger partial charge on any atom is -0.480 e. The fourth-order valence-corrected chi connectivity index (χ4v) is 4.79. The van der Waals surface area contributed by atoms with Crippen molar-refractivity contribution in [2.24, 2.45) is 11.8 Å². The van der Waals surface area contributed by atoms with Gasteiger partial charge >= 0.3 is 12.1 Å².